The van der Waals surface area contributed by atoms with Crippen LogP contribution in [0.3, 0.4) is 0 Å². The molecule has 0 saturated heterocycles. The van der Waals surface area contributed by atoms with Gasteiger partial charge in [0.05, 0.1) is 5.69 Å². The Morgan fingerprint density at radius 3 is 2.94 bits per heavy atom. The number of H-pyrrole nitrogens is 1. The highest BCUT2D eigenvalue weighted by atomic mass is 16.2. The summed E-state index contributed by atoms with van der Waals surface area (Å²) in [6.45, 7) is 2.14. The fourth-order valence-corrected chi connectivity index (χ4v) is 1.61. The van der Waals surface area contributed by atoms with Gasteiger partial charge in [0.1, 0.15) is 5.82 Å². The van der Waals surface area contributed by atoms with Crippen LogP contribution in [0.4, 0.5) is 0 Å². The SMILES string of the molecule is Cc1cc(-c2cc[nH]c2)nc(CCCO)n1. The zero-order valence-corrected chi connectivity index (χ0v) is 9.27. The van der Waals surface area contributed by atoms with Crippen LogP contribution >= 0.6 is 0 Å². The van der Waals surface area contributed by atoms with Crippen molar-refractivity contribution >= 4 is 0 Å². The van der Waals surface area contributed by atoms with E-state index in [2.05, 4.69) is 15.0 Å². The predicted molar refractivity (Wildman–Crippen MR) is 62.0 cm³/mol. The number of aryl methyl sites for hydroxylation is 2. The number of rotatable bonds is 4. The lowest BCUT2D eigenvalue weighted by molar-refractivity contribution is 0.287. The van der Waals surface area contributed by atoms with Crippen molar-refractivity contribution in [3.8, 4) is 11.3 Å². The third-order valence-corrected chi connectivity index (χ3v) is 2.35. The largest absolute Gasteiger partial charge is 0.396 e. The first-order valence-corrected chi connectivity index (χ1v) is 5.38. The molecule has 0 amide bonds. The molecule has 16 heavy (non-hydrogen) atoms. The van der Waals surface area contributed by atoms with Crippen molar-refractivity contribution in [3.63, 3.8) is 0 Å². The van der Waals surface area contributed by atoms with E-state index in [1.54, 1.807) is 0 Å². The molecule has 0 aliphatic carbocycles. The lowest BCUT2D eigenvalue weighted by Gasteiger charge is -2.03. The molecule has 4 nitrogen and oxygen atoms in total. The molecule has 0 fully saturated rings. The molecule has 0 saturated carbocycles. The van der Waals surface area contributed by atoms with Crippen molar-refractivity contribution in [2.24, 2.45) is 0 Å². The fourth-order valence-electron chi connectivity index (χ4n) is 1.61. The molecule has 0 aromatic carbocycles. The van der Waals surface area contributed by atoms with Crippen LogP contribution in [-0.4, -0.2) is 26.7 Å². The highest BCUT2D eigenvalue weighted by Gasteiger charge is 2.04. The van der Waals surface area contributed by atoms with E-state index in [9.17, 15) is 0 Å². The molecule has 2 aromatic rings. The van der Waals surface area contributed by atoms with Crippen LogP contribution in [0.25, 0.3) is 11.3 Å². The number of nitrogens with one attached hydrogen (secondary N) is 1. The van der Waals surface area contributed by atoms with Gasteiger partial charge in [-0.15, -0.1) is 0 Å². The van der Waals surface area contributed by atoms with E-state index in [1.807, 2.05) is 31.5 Å². The topological polar surface area (TPSA) is 61.8 Å². The molecule has 0 bridgehead atoms. The van der Waals surface area contributed by atoms with Gasteiger partial charge in [-0.3, -0.25) is 0 Å². The van der Waals surface area contributed by atoms with Gasteiger partial charge in [0.2, 0.25) is 0 Å². The quantitative estimate of drug-likeness (QED) is 0.819. The van der Waals surface area contributed by atoms with E-state index in [0.29, 0.717) is 6.42 Å². The Morgan fingerprint density at radius 2 is 2.25 bits per heavy atom. The standard InChI is InChI=1S/C12H15N3O/c1-9-7-11(10-4-5-13-8-10)15-12(14-9)3-2-6-16/h4-5,7-8,13,16H,2-3,6H2,1H3. The second kappa shape index (κ2) is 4.90. The van der Waals surface area contributed by atoms with Gasteiger partial charge in [-0.25, -0.2) is 9.97 Å². The van der Waals surface area contributed by atoms with Crippen molar-refractivity contribution in [1.29, 1.82) is 0 Å². The van der Waals surface area contributed by atoms with Gasteiger partial charge >= 0.3 is 0 Å². The average molecular weight is 217 g/mol. The molecule has 0 spiro atoms. The van der Waals surface area contributed by atoms with Crippen LogP contribution in [0.15, 0.2) is 24.5 Å². The zero-order valence-electron chi connectivity index (χ0n) is 9.27. The second-order valence-corrected chi connectivity index (χ2v) is 3.74. The Morgan fingerprint density at radius 1 is 1.38 bits per heavy atom. The Bertz CT molecular complexity index is 451. The Balaban J connectivity index is 2.29. The van der Waals surface area contributed by atoms with Gasteiger partial charge in [0.15, 0.2) is 0 Å². The Hall–Kier alpha value is -1.68. The predicted octanol–water partition coefficient (Wildman–Crippen LogP) is 1.71. The molecular formula is C12H15N3O. The summed E-state index contributed by atoms with van der Waals surface area (Å²) in [6.07, 6.45) is 5.21. The van der Waals surface area contributed by atoms with E-state index in [4.69, 9.17) is 5.11 Å². The average Bonchev–Trinajstić information content (AvgIpc) is 2.79. The van der Waals surface area contributed by atoms with Crippen molar-refractivity contribution < 1.29 is 5.11 Å². The first-order valence-electron chi connectivity index (χ1n) is 5.38. The van der Waals surface area contributed by atoms with E-state index >= 15 is 0 Å². The zero-order chi connectivity index (χ0) is 11.4. The number of hydrogen-bond acceptors (Lipinski definition) is 3. The highest BCUT2D eigenvalue weighted by molar-refractivity contribution is 5.58. The van der Waals surface area contributed by atoms with Crippen LogP contribution in [0, 0.1) is 6.92 Å². The molecule has 2 heterocycles. The molecule has 4 heteroatoms. The van der Waals surface area contributed by atoms with Gasteiger partial charge in [-0.1, -0.05) is 0 Å². The molecule has 2 N–H and O–H groups in total. The minimum atomic E-state index is 0.177. The maximum absolute atomic E-state index is 8.79. The third kappa shape index (κ3) is 2.46. The Labute approximate surface area is 94.4 Å². The molecule has 0 atom stereocenters. The summed E-state index contributed by atoms with van der Waals surface area (Å²) in [5.74, 6) is 0.797. The van der Waals surface area contributed by atoms with E-state index in [1.165, 1.54) is 0 Å². The lowest BCUT2D eigenvalue weighted by Crippen LogP contribution is -2.00. The monoisotopic (exact) mass is 217 g/mol. The maximum Gasteiger partial charge on any atom is 0.129 e. The number of aliphatic hydroxyl groups excluding tert-OH is 1. The second-order valence-electron chi connectivity index (χ2n) is 3.74. The van der Waals surface area contributed by atoms with E-state index in [0.717, 1.165) is 29.2 Å². The van der Waals surface area contributed by atoms with Gasteiger partial charge in [-0.05, 0) is 25.5 Å². The normalized spacial score (nSPS) is 10.6. The number of nitrogens with zero attached hydrogens (tertiary/aromatic N) is 2. The summed E-state index contributed by atoms with van der Waals surface area (Å²) in [4.78, 5) is 11.8. The Kier molecular flexibility index (Phi) is 3.31. The van der Waals surface area contributed by atoms with Gasteiger partial charge in [-0.2, -0.15) is 0 Å². The number of aromatic amines is 1. The van der Waals surface area contributed by atoms with Crippen molar-refractivity contribution in [2.75, 3.05) is 6.61 Å². The summed E-state index contributed by atoms with van der Waals surface area (Å²) in [6, 6.07) is 3.95. The molecular weight excluding hydrogens is 202 g/mol. The minimum absolute atomic E-state index is 0.177. The molecule has 2 rings (SSSR count). The summed E-state index contributed by atoms with van der Waals surface area (Å²) in [5.41, 5.74) is 2.96. The summed E-state index contributed by atoms with van der Waals surface area (Å²) in [7, 11) is 0. The van der Waals surface area contributed by atoms with Crippen LogP contribution in [0.5, 0.6) is 0 Å². The van der Waals surface area contributed by atoms with Crippen molar-refractivity contribution in [3.05, 3.63) is 36.0 Å². The van der Waals surface area contributed by atoms with Crippen LogP contribution < -0.4 is 0 Å². The van der Waals surface area contributed by atoms with E-state index in [-0.39, 0.29) is 6.61 Å². The van der Waals surface area contributed by atoms with Crippen molar-refractivity contribution in [1.82, 2.24) is 15.0 Å². The van der Waals surface area contributed by atoms with E-state index < -0.39 is 0 Å². The van der Waals surface area contributed by atoms with Gasteiger partial charge in [0.25, 0.3) is 0 Å². The number of hydrogen-bond donors (Lipinski definition) is 2. The van der Waals surface area contributed by atoms with Crippen LogP contribution in [0.1, 0.15) is 17.9 Å². The lowest BCUT2D eigenvalue weighted by atomic mass is 10.2. The minimum Gasteiger partial charge on any atom is -0.396 e. The van der Waals surface area contributed by atoms with Gasteiger partial charge < -0.3 is 10.1 Å². The smallest absolute Gasteiger partial charge is 0.129 e. The molecule has 84 valence electrons. The van der Waals surface area contributed by atoms with Crippen LogP contribution in [-0.2, 0) is 6.42 Å². The molecule has 0 aliphatic rings. The summed E-state index contributed by atoms with van der Waals surface area (Å²) >= 11 is 0. The fraction of sp³-hybridized carbons (Fsp3) is 0.333. The first kappa shape index (κ1) is 10.8. The first-order chi connectivity index (χ1) is 7.79. The number of aromatic nitrogens is 3. The molecule has 0 unspecified atom stereocenters. The molecule has 0 radical (unpaired) electrons. The highest BCUT2D eigenvalue weighted by Crippen LogP contribution is 2.17. The molecule has 2 aromatic heterocycles. The molecule has 0 aliphatic heterocycles. The van der Waals surface area contributed by atoms with Crippen LogP contribution in [0.2, 0.25) is 0 Å². The summed E-state index contributed by atoms with van der Waals surface area (Å²) < 4.78 is 0. The number of aliphatic hydroxyl groups is 1. The van der Waals surface area contributed by atoms with Crippen molar-refractivity contribution in [2.45, 2.75) is 19.8 Å². The maximum atomic E-state index is 8.79. The third-order valence-electron chi connectivity index (χ3n) is 2.35. The van der Waals surface area contributed by atoms with Gasteiger partial charge in [0, 0.05) is 36.7 Å². The summed E-state index contributed by atoms with van der Waals surface area (Å²) in [5, 5.41) is 8.79.